The number of benzene rings is 3. The van der Waals surface area contributed by atoms with Gasteiger partial charge in [-0.05, 0) is 63.2 Å². The van der Waals surface area contributed by atoms with Crippen LogP contribution in [0.3, 0.4) is 0 Å². The number of carbonyl (C=O) groups excluding carboxylic acids is 2. The first-order valence-electron chi connectivity index (χ1n) is 11.7. The zero-order chi connectivity index (χ0) is 28.9. The summed E-state index contributed by atoms with van der Waals surface area (Å²) in [6, 6.07) is 16.9. The van der Waals surface area contributed by atoms with E-state index in [1.165, 1.54) is 30.0 Å². The molecule has 0 aliphatic carbocycles. The maximum atomic E-state index is 13.3. The third-order valence-electron chi connectivity index (χ3n) is 5.54. The van der Waals surface area contributed by atoms with Crippen LogP contribution in [0.2, 0.25) is 10.0 Å². The molecule has 6 nitrogen and oxygen atoms in total. The molecule has 11 heteroatoms. The van der Waals surface area contributed by atoms with Crippen molar-refractivity contribution in [3.63, 3.8) is 0 Å². The number of hydrogen-bond donors (Lipinski definition) is 0. The minimum Gasteiger partial charge on any atom is -0.481 e. The van der Waals surface area contributed by atoms with Crippen molar-refractivity contribution >= 4 is 40.6 Å². The lowest BCUT2D eigenvalue weighted by atomic mass is 9.99. The molecule has 0 aliphatic rings. The number of halogens is 5. The molecule has 39 heavy (non-hydrogen) atoms. The zero-order valence-corrected chi connectivity index (χ0v) is 22.5. The fourth-order valence-corrected chi connectivity index (χ4v) is 4.04. The fourth-order valence-electron chi connectivity index (χ4n) is 3.66. The molecule has 0 N–H and O–H groups in total. The highest BCUT2D eigenvalue weighted by molar-refractivity contribution is 6.32. The number of Topliss-reactive ketones (excluding diaryl/α,β-unsaturated/α-hetero) is 1. The van der Waals surface area contributed by atoms with E-state index in [1.54, 1.807) is 50.2 Å². The van der Waals surface area contributed by atoms with Gasteiger partial charge in [0.25, 0.3) is 5.91 Å². The number of para-hydroxylation sites is 1. The second-order valence-corrected chi connectivity index (χ2v) is 9.51. The lowest BCUT2D eigenvalue weighted by Crippen LogP contribution is -2.45. The van der Waals surface area contributed by atoms with Crippen LogP contribution in [-0.2, 0) is 15.8 Å². The molecule has 2 atom stereocenters. The molecular weight excluding hydrogens is 556 g/mol. The predicted molar refractivity (Wildman–Crippen MR) is 141 cm³/mol. The highest BCUT2D eigenvalue weighted by Crippen LogP contribution is 2.38. The van der Waals surface area contributed by atoms with Gasteiger partial charge in [0.15, 0.2) is 17.8 Å². The standard InChI is InChI=1S/C28H23Cl2F3N2O4/c1-16(2)35(19-7-5-4-6-8-19)27(37)21(15-34)26(36)17(3)38-25-14-20(10-11-22(25)29)39-24-12-9-18(13-23(24)30)28(31,32)33/h4-14,16-17,21H,1-3H3. The lowest BCUT2D eigenvalue weighted by molar-refractivity contribution is -0.137. The largest absolute Gasteiger partial charge is 0.481 e. The number of amides is 1. The molecule has 0 radical (unpaired) electrons. The lowest BCUT2D eigenvalue weighted by Gasteiger charge is -2.29. The van der Waals surface area contributed by atoms with Gasteiger partial charge in [0.1, 0.15) is 17.2 Å². The highest BCUT2D eigenvalue weighted by atomic mass is 35.5. The van der Waals surface area contributed by atoms with Crippen molar-refractivity contribution in [2.75, 3.05) is 4.90 Å². The molecular formula is C28H23Cl2F3N2O4. The van der Waals surface area contributed by atoms with Crippen LogP contribution in [0.4, 0.5) is 18.9 Å². The van der Waals surface area contributed by atoms with Gasteiger partial charge < -0.3 is 14.4 Å². The molecule has 2 unspecified atom stereocenters. The van der Waals surface area contributed by atoms with E-state index in [0.717, 1.165) is 18.2 Å². The summed E-state index contributed by atoms with van der Waals surface area (Å²) in [5, 5.41) is 9.54. The molecule has 204 valence electrons. The molecule has 3 aromatic rings. The van der Waals surface area contributed by atoms with E-state index in [1.807, 2.05) is 0 Å². The Morgan fingerprint density at radius 2 is 1.59 bits per heavy atom. The summed E-state index contributed by atoms with van der Waals surface area (Å²) in [5.74, 6) is -3.07. The summed E-state index contributed by atoms with van der Waals surface area (Å²) in [7, 11) is 0. The maximum Gasteiger partial charge on any atom is 0.416 e. The number of alkyl halides is 3. The van der Waals surface area contributed by atoms with Crippen molar-refractivity contribution in [3.8, 4) is 23.3 Å². The molecule has 0 bridgehead atoms. The van der Waals surface area contributed by atoms with Crippen molar-refractivity contribution in [1.29, 1.82) is 5.26 Å². The Hall–Kier alpha value is -3.74. The van der Waals surface area contributed by atoms with E-state index in [2.05, 4.69) is 0 Å². The van der Waals surface area contributed by atoms with E-state index < -0.39 is 35.5 Å². The summed E-state index contributed by atoms with van der Waals surface area (Å²) in [6.45, 7) is 4.90. The monoisotopic (exact) mass is 578 g/mol. The second kappa shape index (κ2) is 12.4. The number of ether oxygens (including phenoxy) is 2. The van der Waals surface area contributed by atoms with Gasteiger partial charge in [-0.2, -0.15) is 18.4 Å². The van der Waals surface area contributed by atoms with Gasteiger partial charge in [-0.15, -0.1) is 0 Å². The number of nitriles is 1. The smallest absolute Gasteiger partial charge is 0.416 e. The normalized spacial score (nSPS) is 12.8. The second-order valence-electron chi connectivity index (χ2n) is 8.70. The minimum absolute atomic E-state index is 0.00837. The zero-order valence-electron chi connectivity index (χ0n) is 21.0. The molecule has 1 amide bonds. The van der Waals surface area contributed by atoms with Gasteiger partial charge >= 0.3 is 6.18 Å². The molecule has 0 heterocycles. The number of rotatable bonds is 9. The van der Waals surface area contributed by atoms with Crippen molar-refractivity contribution in [2.45, 2.75) is 39.1 Å². The number of nitrogens with zero attached hydrogens (tertiary/aromatic N) is 2. The Bertz CT molecular complexity index is 1390. The van der Waals surface area contributed by atoms with Gasteiger partial charge in [0.05, 0.1) is 21.7 Å². The number of anilines is 1. The van der Waals surface area contributed by atoms with E-state index in [0.29, 0.717) is 5.69 Å². The SMILES string of the molecule is CC(Oc1cc(Oc2ccc(C(F)(F)F)cc2Cl)ccc1Cl)C(=O)C(C#N)C(=O)N(c1ccccc1)C(C)C. The van der Waals surface area contributed by atoms with Gasteiger partial charge in [0, 0.05) is 17.8 Å². The predicted octanol–water partition coefficient (Wildman–Crippen LogP) is 7.72. The van der Waals surface area contributed by atoms with Crippen LogP contribution in [0.25, 0.3) is 0 Å². The Morgan fingerprint density at radius 3 is 2.15 bits per heavy atom. The molecule has 0 aromatic heterocycles. The Kier molecular flexibility index (Phi) is 9.49. The van der Waals surface area contributed by atoms with E-state index in [-0.39, 0.29) is 33.3 Å². The molecule has 3 aromatic carbocycles. The van der Waals surface area contributed by atoms with E-state index in [4.69, 9.17) is 32.7 Å². The van der Waals surface area contributed by atoms with E-state index in [9.17, 15) is 28.0 Å². The number of carbonyl (C=O) groups is 2. The van der Waals surface area contributed by atoms with Crippen molar-refractivity contribution in [3.05, 3.63) is 82.3 Å². The molecule has 0 saturated heterocycles. The molecule has 0 spiro atoms. The summed E-state index contributed by atoms with van der Waals surface area (Å²) in [4.78, 5) is 27.8. The van der Waals surface area contributed by atoms with Crippen LogP contribution < -0.4 is 14.4 Å². The quantitative estimate of drug-likeness (QED) is 0.243. The summed E-state index contributed by atoms with van der Waals surface area (Å²) in [6.07, 6.45) is -5.83. The van der Waals surface area contributed by atoms with E-state index >= 15 is 0 Å². The van der Waals surface area contributed by atoms with Gasteiger partial charge in [-0.25, -0.2) is 0 Å². The van der Waals surface area contributed by atoms with Crippen LogP contribution in [-0.4, -0.2) is 23.8 Å². The average molecular weight is 579 g/mol. The first kappa shape index (κ1) is 29.8. The average Bonchev–Trinajstić information content (AvgIpc) is 2.87. The van der Waals surface area contributed by atoms with Gasteiger partial charge in [-0.3, -0.25) is 9.59 Å². The summed E-state index contributed by atoms with van der Waals surface area (Å²) >= 11 is 12.2. The van der Waals surface area contributed by atoms with Gasteiger partial charge in [0.2, 0.25) is 0 Å². The van der Waals surface area contributed by atoms with Crippen molar-refractivity contribution in [2.24, 2.45) is 5.92 Å². The third-order valence-corrected chi connectivity index (χ3v) is 6.15. The Balaban J connectivity index is 1.79. The third kappa shape index (κ3) is 7.22. The highest BCUT2D eigenvalue weighted by Gasteiger charge is 2.36. The van der Waals surface area contributed by atoms with Crippen LogP contribution >= 0.6 is 23.2 Å². The number of hydrogen-bond acceptors (Lipinski definition) is 5. The van der Waals surface area contributed by atoms with Crippen LogP contribution in [0, 0.1) is 17.2 Å². The first-order chi connectivity index (χ1) is 18.3. The molecule has 0 aliphatic heterocycles. The van der Waals surface area contributed by atoms with Crippen LogP contribution in [0.1, 0.15) is 26.3 Å². The fraction of sp³-hybridized carbons (Fsp3) is 0.250. The number of ketones is 1. The topological polar surface area (TPSA) is 79.6 Å². The van der Waals surface area contributed by atoms with Crippen molar-refractivity contribution < 1.29 is 32.2 Å². The first-order valence-corrected chi connectivity index (χ1v) is 12.4. The van der Waals surface area contributed by atoms with Gasteiger partial charge in [-0.1, -0.05) is 41.4 Å². The molecule has 3 rings (SSSR count). The van der Waals surface area contributed by atoms with Crippen molar-refractivity contribution in [1.82, 2.24) is 0 Å². The Morgan fingerprint density at radius 1 is 0.923 bits per heavy atom. The maximum absolute atomic E-state index is 13.3. The molecule has 0 fully saturated rings. The molecule has 0 saturated carbocycles. The van der Waals surface area contributed by atoms with Crippen LogP contribution in [0.15, 0.2) is 66.7 Å². The summed E-state index contributed by atoms with van der Waals surface area (Å²) < 4.78 is 50.0. The Labute approximate surface area is 233 Å². The minimum atomic E-state index is -4.57. The van der Waals surface area contributed by atoms with Crippen LogP contribution in [0.5, 0.6) is 17.2 Å². The summed E-state index contributed by atoms with van der Waals surface area (Å²) in [5.41, 5.74) is -0.397.